The van der Waals surface area contributed by atoms with Crippen molar-refractivity contribution in [1.82, 2.24) is 0 Å². The number of ether oxygens (including phenoxy) is 13. The smallest absolute Gasteiger partial charge is 0.335 e. The van der Waals surface area contributed by atoms with E-state index < -0.39 is 83.4 Å². The Morgan fingerprint density at radius 3 is 0.587 bits per heavy atom. The maximum absolute atomic E-state index is 14.9. The van der Waals surface area contributed by atoms with Crippen LogP contribution in [0.15, 0.2) is 345 Å². The van der Waals surface area contributed by atoms with Gasteiger partial charge in [-0.3, -0.25) is 0 Å². The lowest BCUT2D eigenvalue weighted by Gasteiger charge is -2.24. The van der Waals surface area contributed by atoms with E-state index in [0.717, 1.165) is 250 Å². The Labute approximate surface area is 828 Å². The summed E-state index contributed by atoms with van der Waals surface area (Å²) in [5, 5.41) is 0. The molecule has 0 N–H and O–H groups in total. The zero-order valence-electron chi connectivity index (χ0n) is 79.2. The molecule has 734 valence electrons. The average Bonchev–Trinajstić information content (AvgIpc) is 0.805. The molecule has 0 aromatic heterocycles. The number of allylic oxidation sites excluding steroid dienone is 4. The Bertz CT molecular complexity index is 6370. The van der Waals surface area contributed by atoms with Crippen molar-refractivity contribution in [3.63, 3.8) is 0 Å². The largest absolute Gasteiger partial charge is 0.423 e. The van der Waals surface area contributed by atoms with Crippen LogP contribution in [-0.4, -0.2) is 77.6 Å². The molecule has 0 heterocycles. The van der Waals surface area contributed by atoms with Crippen LogP contribution in [0.25, 0.3) is 22.3 Å². The summed E-state index contributed by atoms with van der Waals surface area (Å²) in [5.41, 5.74) is 14.3. The summed E-state index contributed by atoms with van der Waals surface area (Å²) in [6, 6.07) is 43.4. The second kappa shape index (κ2) is 55.1. The molecule has 8 aromatic rings. The van der Waals surface area contributed by atoms with Crippen LogP contribution in [0.4, 0.5) is 4.39 Å². The van der Waals surface area contributed by atoms with E-state index in [2.05, 4.69) is 92.4 Å². The summed E-state index contributed by atoms with van der Waals surface area (Å²) in [5.74, 6) is -7.81. The minimum atomic E-state index is -0.763. The molecule has 27 heteroatoms. The van der Waals surface area contributed by atoms with E-state index in [0.29, 0.717) is 39.7 Å². The van der Waals surface area contributed by atoms with Crippen molar-refractivity contribution in [3.05, 3.63) is 395 Å². The zero-order valence-corrected chi connectivity index (χ0v) is 79.2. The summed E-state index contributed by atoms with van der Waals surface area (Å²) in [6.45, 7) is 46.4. The first-order valence-electron chi connectivity index (χ1n) is 45.5. The van der Waals surface area contributed by atoms with Gasteiger partial charge in [-0.1, -0.05) is 195 Å². The number of halogens is 1. The number of rotatable bonds is 34. The molecule has 0 unspecified atom stereocenters. The molecule has 0 aliphatic heterocycles. The first-order valence-corrected chi connectivity index (χ1v) is 45.5. The second-order valence-electron chi connectivity index (χ2n) is 31.9. The number of esters is 13. The molecule has 4 fully saturated rings. The fourth-order valence-corrected chi connectivity index (χ4v) is 15.6. The van der Waals surface area contributed by atoms with Crippen LogP contribution in [0.5, 0.6) is 74.7 Å². The first-order chi connectivity index (χ1) is 68.9. The molecule has 0 amide bonds. The van der Waals surface area contributed by atoms with Gasteiger partial charge in [-0.25, -0.2) is 66.7 Å². The van der Waals surface area contributed by atoms with Gasteiger partial charge in [0.05, 0.1) is 0 Å². The molecule has 12 rings (SSSR count). The lowest BCUT2D eigenvalue weighted by Crippen LogP contribution is -2.10. The third-order valence-corrected chi connectivity index (χ3v) is 22.3. The van der Waals surface area contributed by atoms with Crippen molar-refractivity contribution in [3.8, 4) is 74.7 Å². The lowest BCUT2D eigenvalue weighted by molar-refractivity contribution is -0.131. The van der Waals surface area contributed by atoms with Crippen molar-refractivity contribution in [2.75, 3.05) is 0 Å². The van der Waals surface area contributed by atoms with Gasteiger partial charge in [-0.2, -0.15) is 0 Å². The summed E-state index contributed by atoms with van der Waals surface area (Å²) in [7, 11) is 0. The highest BCUT2D eigenvalue weighted by atomic mass is 19.1. The maximum Gasteiger partial charge on any atom is 0.335 e. The Morgan fingerprint density at radius 1 is 0.210 bits per heavy atom. The number of benzene rings is 8. The van der Waals surface area contributed by atoms with E-state index in [4.69, 9.17) is 61.6 Å². The Kier molecular flexibility index (Phi) is 42.0. The SMILES string of the molecule is C=CC(=O)Oc1ccc(C(=C2CCC(C)CC2)c2ccc(OC(=O)C=C)c(OC(=O)C=C)c2)cc1.C=CC(=O)Oc1ccc(C(=C2CCCCC2)c2ccc(OC(=O)C=C)c(OC(=O)C=C)c2)cc1.C=CC(=O)Oc1ccc(C(=C2CCCCC2)c2ccc(OC(=O)C=C)c(OC(=O)C=C)c2)cc1F.C=CC(=O)Oc1ccc(C(=C2CCCCC2)c2ccc(OC(=O)C=C)c(OC(=O)C=C)c2)cc1OC(=O)C=C. The molecule has 0 radical (unpaired) electrons. The van der Waals surface area contributed by atoms with Crippen LogP contribution < -0.4 is 61.6 Å². The topological polar surface area (TPSA) is 342 Å². The quantitative estimate of drug-likeness (QED) is 0.0205. The molecule has 4 aliphatic carbocycles. The van der Waals surface area contributed by atoms with E-state index in [9.17, 15) is 66.7 Å². The molecule has 4 saturated carbocycles. The average molecular weight is 1940 g/mol. The van der Waals surface area contributed by atoms with Crippen molar-refractivity contribution >= 4 is 99.9 Å². The molecule has 26 nitrogen and oxygen atoms in total. The predicted molar refractivity (Wildman–Crippen MR) is 538 cm³/mol. The Morgan fingerprint density at radius 2 is 0.378 bits per heavy atom. The highest BCUT2D eigenvalue weighted by molar-refractivity contribution is 5.95. The Hall–Kier alpha value is -17.6. The summed E-state index contributed by atoms with van der Waals surface area (Å²) in [4.78, 5) is 153. The van der Waals surface area contributed by atoms with Gasteiger partial charge in [0.1, 0.15) is 11.5 Å². The third kappa shape index (κ3) is 32.2. The summed E-state index contributed by atoms with van der Waals surface area (Å²) < 4.78 is 83.3. The molecule has 0 spiro atoms. The molecule has 0 saturated heterocycles. The number of carbonyl (C=O) groups is 13. The van der Waals surface area contributed by atoms with E-state index >= 15 is 0 Å². The van der Waals surface area contributed by atoms with Gasteiger partial charge in [-0.15, -0.1) is 0 Å². The van der Waals surface area contributed by atoms with Gasteiger partial charge < -0.3 is 61.6 Å². The van der Waals surface area contributed by atoms with Crippen molar-refractivity contribution in [2.24, 2.45) is 5.92 Å². The van der Waals surface area contributed by atoms with E-state index in [1.165, 1.54) is 47.9 Å². The summed E-state index contributed by atoms with van der Waals surface area (Å²) in [6.07, 6.45) is 31.9. The molecular formula is C116H107FO26. The molecule has 0 bridgehead atoms. The van der Waals surface area contributed by atoms with Crippen LogP contribution in [0.1, 0.15) is 173 Å². The minimum Gasteiger partial charge on any atom is -0.423 e. The monoisotopic (exact) mass is 1930 g/mol. The van der Waals surface area contributed by atoms with E-state index in [1.54, 1.807) is 91.0 Å². The second-order valence-corrected chi connectivity index (χ2v) is 31.9. The van der Waals surface area contributed by atoms with Crippen LogP contribution in [-0.2, 0) is 62.3 Å². The van der Waals surface area contributed by atoms with Gasteiger partial charge in [0.25, 0.3) is 0 Å². The van der Waals surface area contributed by atoms with Crippen LogP contribution in [0.2, 0.25) is 0 Å². The zero-order chi connectivity index (χ0) is 104. The van der Waals surface area contributed by atoms with Crippen LogP contribution >= 0.6 is 0 Å². The fraction of sp³-hybridized carbons (Fsp3) is 0.181. The lowest BCUT2D eigenvalue weighted by atomic mass is 9.81. The maximum atomic E-state index is 14.9. The standard InChI is InChI=1S/C31H28O8.C29H28O6.C28H25FO6.C28H26O6/c1-5-27(32)36-23-16-14-21(18-25(23)38-29(34)7-3)31(20-12-10-9-11-13-20)22-15-17-24(37-28(33)6-2)26(19-22)39-30(35)8-4;1-5-26(30)33-23-15-12-21(13-16-23)29(20-10-8-19(4)9-11-20)22-14-17-24(34-27(31)6-2)25(18-22)35-28(32)7-3;1-4-25(30)33-22-14-12-19(16-21(22)29)28(18-10-8-7-9-11-18)20-13-15-23(34-26(31)5-2)24(17-20)35-27(32)6-3;1-4-25(29)32-22-15-12-20(13-16-22)28(19-10-8-7-9-11-19)21-14-17-23(33-26(30)5-2)24(18-21)34-27(31)6-3/h5-8,14-19H,1-4,9-13H2;5-7,12-19H,1-3,8-11H2,4H3;4-6,12-17H,1-3,7-11H2;4-6,12-18H,1-3,7-11H2. The highest BCUT2D eigenvalue weighted by Gasteiger charge is 2.28. The highest BCUT2D eigenvalue weighted by Crippen LogP contribution is 2.47. The molecule has 8 aromatic carbocycles. The number of carbonyl (C=O) groups excluding carboxylic acids is 13. The van der Waals surface area contributed by atoms with Crippen molar-refractivity contribution in [2.45, 2.75) is 129 Å². The number of hydrogen-bond donors (Lipinski definition) is 0. The van der Waals surface area contributed by atoms with Crippen LogP contribution in [0, 0.1) is 11.7 Å². The predicted octanol–water partition coefficient (Wildman–Crippen LogP) is 23.4. The summed E-state index contributed by atoms with van der Waals surface area (Å²) >= 11 is 0. The van der Waals surface area contributed by atoms with Crippen molar-refractivity contribution < 1.29 is 128 Å². The van der Waals surface area contributed by atoms with Gasteiger partial charge in [-0.05, 0) is 273 Å². The van der Waals surface area contributed by atoms with Gasteiger partial charge >= 0.3 is 77.6 Å². The van der Waals surface area contributed by atoms with Gasteiger partial charge in [0.15, 0.2) is 69.1 Å². The molecule has 143 heavy (non-hydrogen) atoms. The molecule has 4 aliphatic rings. The van der Waals surface area contributed by atoms with Gasteiger partial charge in [0.2, 0.25) is 0 Å². The minimum absolute atomic E-state index is 0.00788. The Balaban J connectivity index is 0.000000213. The normalized spacial score (nSPS) is 13.2. The third-order valence-electron chi connectivity index (χ3n) is 22.3. The number of hydrogen-bond acceptors (Lipinski definition) is 26. The van der Waals surface area contributed by atoms with Gasteiger partial charge in [0, 0.05) is 79.0 Å². The van der Waals surface area contributed by atoms with E-state index in [1.807, 2.05) is 36.4 Å². The fourth-order valence-electron chi connectivity index (χ4n) is 15.6. The first kappa shape index (κ1) is 109. The molecular weight excluding hydrogens is 1830 g/mol. The van der Waals surface area contributed by atoms with Crippen molar-refractivity contribution in [1.29, 1.82) is 0 Å². The van der Waals surface area contributed by atoms with Crippen LogP contribution in [0.3, 0.4) is 0 Å². The van der Waals surface area contributed by atoms with E-state index in [-0.39, 0.29) is 63.2 Å². The molecule has 0 atom stereocenters.